The Morgan fingerprint density at radius 2 is 2.21 bits per heavy atom. The third-order valence-corrected chi connectivity index (χ3v) is 4.10. The fourth-order valence-corrected chi connectivity index (χ4v) is 2.84. The zero-order valence-corrected chi connectivity index (χ0v) is 14.9. The number of amidine groups is 1. The minimum absolute atomic E-state index is 0.0949. The van der Waals surface area contributed by atoms with Gasteiger partial charge >= 0.3 is 0 Å². The van der Waals surface area contributed by atoms with Crippen LogP contribution in [0.1, 0.15) is 24.5 Å². The van der Waals surface area contributed by atoms with Crippen LogP contribution in [-0.4, -0.2) is 36.1 Å². The van der Waals surface area contributed by atoms with Gasteiger partial charge in [-0.3, -0.25) is 4.99 Å². The van der Waals surface area contributed by atoms with Crippen LogP contribution in [0.25, 0.3) is 0 Å². The number of hydrogen-bond donors (Lipinski definition) is 3. The van der Waals surface area contributed by atoms with E-state index in [0.717, 1.165) is 5.00 Å². The van der Waals surface area contributed by atoms with Gasteiger partial charge in [-0.1, -0.05) is 11.3 Å². The number of aliphatic hydroxyl groups is 1. The lowest BCUT2D eigenvalue weighted by Gasteiger charge is -2.16. The summed E-state index contributed by atoms with van der Waals surface area (Å²) in [7, 11) is 3.41. The van der Waals surface area contributed by atoms with Crippen molar-refractivity contribution in [2.75, 3.05) is 24.7 Å². The van der Waals surface area contributed by atoms with E-state index >= 15 is 0 Å². The predicted molar refractivity (Wildman–Crippen MR) is 95.8 cm³/mol. The molecule has 0 aliphatic rings. The van der Waals surface area contributed by atoms with Crippen molar-refractivity contribution in [2.24, 2.45) is 4.99 Å². The van der Waals surface area contributed by atoms with Gasteiger partial charge in [-0.25, -0.2) is 9.37 Å². The van der Waals surface area contributed by atoms with Gasteiger partial charge in [-0.2, -0.15) is 0 Å². The van der Waals surface area contributed by atoms with Crippen LogP contribution >= 0.6 is 11.3 Å². The Balaban J connectivity index is 2.36. The highest BCUT2D eigenvalue weighted by atomic mass is 32.1. The van der Waals surface area contributed by atoms with E-state index in [0.29, 0.717) is 28.0 Å². The minimum atomic E-state index is -0.377. The second-order valence-electron chi connectivity index (χ2n) is 5.20. The Labute approximate surface area is 144 Å². The van der Waals surface area contributed by atoms with E-state index in [1.807, 2.05) is 13.8 Å². The molecule has 6 nitrogen and oxygen atoms in total. The second kappa shape index (κ2) is 8.07. The van der Waals surface area contributed by atoms with E-state index in [-0.39, 0.29) is 18.5 Å². The largest absolute Gasteiger partial charge is 0.489 e. The van der Waals surface area contributed by atoms with Gasteiger partial charge in [-0.05, 0) is 26.0 Å². The van der Waals surface area contributed by atoms with Crippen LogP contribution in [0, 0.1) is 5.82 Å². The highest BCUT2D eigenvalue weighted by Gasteiger charge is 2.17. The third-order valence-electron chi connectivity index (χ3n) is 3.04. The molecular formula is C16H21FN4O2S. The topological polar surface area (TPSA) is 78.8 Å². The number of benzene rings is 1. The first kappa shape index (κ1) is 18.2. The molecule has 24 heavy (non-hydrogen) atoms. The summed E-state index contributed by atoms with van der Waals surface area (Å²) in [6.45, 7) is 3.60. The van der Waals surface area contributed by atoms with Crippen LogP contribution in [0.15, 0.2) is 23.2 Å². The fraction of sp³-hybridized carbons (Fsp3) is 0.375. The number of nitrogens with zero attached hydrogens (tertiary/aromatic N) is 2. The molecule has 0 unspecified atom stereocenters. The van der Waals surface area contributed by atoms with Gasteiger partial charge in [0.25, 0.3) is 0 Å². The first-order chi connectivity index (χ1) is 11.5. The molecule has 2 rings (SSSR count). The van der Waals surface area contributed by atoms with E-state index in [9.17, 15) is 9.50 Å². The van der Waals surface area contributed by atoms with Crippen LogP contribution in [0.3, 0.4) is 0 Å². The molecule has 1 aromatic heterocycles. The van der Waals surface area contributed by atoms with Gasteiger partial charge in [-0.15, -0.1) is 0 Å². The van der Waals surface area contributed by atoms with Gasteiger partial charge in [0.05, 0.1) is 18.4 Å². The second-order valence-corrected chi connectivity index (χ2v) is 6.28. The standard InChI is InChI=1S/C16H21FN4O2S/c1-9(2)23-12-7-10(17)5-6-11(12)20-15(18-3)14-16(19-4)24-13(8-22)21-14/h5-7,9,19,22H,8H2,1-4H3,(H,18,20). The molecule has 0 saturated carbocycles. The van der Waals surface area contributed by atoms with Gasteiger partial charge in [0.15, 0.2) is 5.84 Å². The van der Waals surface area contributed by atoms with E-state index < -0.39 is 0 Å². The molecule has 0 bridgehead atoms. The number of rotatable bonds is 6. The number of hydrogen-bond acceptors (Lipinski definition) is 6. The molecule has 0 aliphatic carbocycles. The molecule has 0 aliphatic heterocycles. The smallest absolute Gasteiger partial charge is 0.154 e. The minimum Gasteiger partial charge on any atom is -0.489 e. The van der Waals surface area contributed by atoms with E-state index in [1.165, 1.54) is 23.5 Å². The summed E-state index contributed by atoms with van der Waals surface area (Å²) in [5.74, 6) is 0.517. The number of thiazole rings is 1. The van der Waals surface area contributed by atoms with Crippen LogP contribution in [0.2, 0.25) is 0 Å². The monoisotopic (exact) mass is 352 g/mol. The van der Waals surface area contributed by atoms with Gasteiger partial charge in [0, 0.05) is 20.2 Å². The van der Waals surface area contributed by atoms with Crippen LogP contribution < -0.4 is 15.4 Å². The Kier molecular flexibility index (Phi) is 6.10. The molecule has 0 spiro atoms. The van der Waals surface area contributed by atoms with Crippen molar-refractivity contribution in [1.29, 1.82) is 0 Å². The van der Waals surface area contributed by atoms with Gasteiger partial charge in [0.2, 0.25) is 0 Å². The maximum absolute atomic E-state index is 13.5. The zero-order valence-electron chi connectivity index (χ0n) is 14.1. The first-order valence-electron chi connectivity index (χ1n) is 7.47. The summed E-state index contributed by atoms with van der Waals surface area (Å²) in [4.78, 5) is 8.60. The molecule has 0 radical (unpaired) electrons. The molecule has 0 atom stereocenters. The van der Waals surface area contributed by atoms with Gasteiger partial charge < -0.3 is 20.5 Å². The van der Waals surface area contributed by atoms with Crippen molar-refractivity contribution in [2.45, 2.75) is 26.6 Å². The number of anilines is 2. The number of halogens is 1. The molecule has 3 N–H and O–H groups in total. The average molecular weight is 352 g/mol. The lowest BCUT2D eigenvalue weighted by molar-refractivity contribution is 0.243. The summed E-state index contributed by atoms with van der Waals surface area (Å²) >= 11 is 1.35. The normalized spacial score (nSPS) is 11.7. The summed E-state index contributed by atoms with van der Waals surface area (Å²) < 4.78 is 19.2. The molecular weight excluding hydrogens is 331 g/mol. The molecule has 1 heterocycles. The Bertz CT molecular complexity index is 731. The molecule has 0 fully saturated rings. The number of aliphatic imine (C=N–C) groups is 1. The average Bonchev–Trinajstić information content (AvgIpc) is 2.97. The summed E-state index contributed by atoms with van der Waals surface area (Å²) in [6, 6.07) is 4.27. The van der Waals surface area contributed by atoms with Crippen molar-refractivity contribution in [3.63, 3.8) is 0 Å². The van der Waals surface area contributed by atoms with Crippen LogP contribution in [0.5, 0.6) is 5.75 Å². The third kappa shape index (κ3) is 4.21. The molecule has 2 aromatic rings. The Morgan fingerprint density at radius 3 is 2.79 bits per heavy atom. The lowest BCUT2D eigenvalue weighted by Crippen LogP contribution is -2.17. The van der Waals surface area contributed by atoms with Crippen molar-refractivity contribution < 1.29 is 14.2 Å². The predicted octanol–water partition coefficient (Wildman–Crippen LogP) is 3.09. The van der Waals surface area contributed by atoms with Crippen molar-refractivity contribution in [3.05, 3.63) is 34.7 Å². The number of nitrogens with one attached hydrogen (secondary N) is 2. The number of aromatic nitrogens is 1. The van der Waals surface area contributed by atoms with Crippen molar-refractivity contribution in [3.8, 4) is 5.75 Å². The number of ether oxygens (including phenoxy) is 1. The Hall–Kier alpha value is -2.19. The van der Waals surface area contributed by atoms with Crippen LogP contribution in [-0.2, 0) is 6.61 Å². The van der Waals surface area contributed by atoms with E-state index in [2.05, 4.69) is 20.6 Å². The van der Waals surface area contributed by atoms with Gasteiger partial charge in [0.1, 0.15) is 27.3 Å². The van der Waals surface area contributed by atoms with Crippen LogP contribution in [0.4, 0.5) is 15.1 Å². The molecule has 0 amide bonds. The quantitative estimate of drug-likeness (QED) is 0.550. The molecule has 0 saturated heterocycles. The highest BCUT2D eigenvalue weighted by Crippen LogP contribution is 2.29. The molecule has 1 aromatic carbocycles. The summed E-state index contributed by atoms with van der Waals surface area (Å²) in [5, 5.41) is 16.8. The summed E-state index contributed by atoms with van der Waals surface area (Å²) in [5.41, 5.74) is 1.18. The summed E-state index contributed by atoms with van der Waals surface area (Å²) in [6.07, 6.45) is -0.0949. The maximum atomic E-state index is 13.5. The zero-order chi connectivity index (χ0) is 17.7. The highest BCUT2D eigenvalue weighted by molar-refractivity contribution is 7.16. The first-order valence-corrected chi connectivity index (χ1v) is 8.28. The fourth-order valence-electron chi connectivity index (χ4n) is 2.06. The maximum Gasteiger partial charge on any atom is 0.154 e. The SMILES string of the molecule is CN=C(Nc1ccc(F)cc1OC(C)C)c1nc(CO)sc1NC. The molecule has 8 heteroatoms. The van der Waals surface area contributed by atoms with E-state index in [4.69, 9.17) is 4.74 Å². The number of aliphatic hydroxyl groups excluding tert-OH is 1. The lowest BCUT2D eigenvalue weighted by atomic mass is 10.2. The van der Waals surface area contributed by atoms with Crippen molar-refractivity contribution >= 4 is 27.9 Å². The molecule has 130 valence electrons. The van der Waals surface area contributed by atoms with Crippen molar-refractivity contribution in [1.82, 2.24) is 4.98 Å². The van der Waals surface area contributed by atoms with E-state index in [1.54, 1.807) is 20.2 Å². The Morgan fingerprint density at radius 1 is 1.46 bits per heavy atom.